The van der Waals surface area contributed by atoms with Gasteiger partial charge in [0.25, 0.3) is 0 Å². The first-order valence-corrected chi connectivity index (χ1v) is 19.9. The highest BCUT2D eigenvalue weighted by molar-refractivity contribution is 5.76. The number of hydrogen-bond acceptors (Lipinski definition) is 6. The summed E-state index contributed by atoms with van der Waals surface area (Å²) in [7, 11) is 2.03. The third-order valence-electron chi connectivity index (χ3n) is 12.8. The molecule has 1 heterocycles. The first kappa shape index (κ1) is 36.9. The van der Waals surface area contributed by atoms with Crippen molar-refractivity contribution in [2.75, 3.05) is 13.6 Å². The molecule has 8 nitrogen and oxygen atoms in total. The van der Waals surface area contributed by atoms with Crippen LogP contribution < -0.4 is 10.6 Å². The Bertz CT molecular complexity index is 1830. The van der Waals surface area contributed by atoms with Crippen molar-refractivity contribution >= 4 is 6.03 Å². The van der Waals surface area contributed by atoms with Gasteiger partial charge in [0, 0.05) is 36.7 Å². The summed E-state index contributed by atoms with van der Waals surface area (Å²) in [4.78, 5) is 15.4. The van der Waals surface area contributed by atoms with Crippen LogP contribution >= 0.6 is 0 Å². The van der Waals surface area contributed by atoms with Gasteiger partial charge in [-0.2, -0.15) is 0 Å². The second-order valence-electron chi connectivity index (χ2n) is 16.7. The minimum absolute atomic E-state index is 0.00678. The minimum Gasteiger partial charge on any atom is -0.392 e. The van der Waals surface area contributed by atoms with Crippen molar-refractivity contribution in [1.29, 1.82) is 0 Å². The van der Waals surface area contributed by atoms with E-state index < -0.39 is 12.4 Å². The van der Waals surface area contributed by atoms with Crippen LogP contribution in [0.4, 0.5) is 4.79 Å². The lowest BCUT2D eigenvalue weighted by Gasteiger charge is -2.56. The predicted molar refractivity (Wildman–Crippen MR) is 210 cm³/mol. The smallest absolute Gasteiger partial charge is 0.315 e. The van der Waals surface area contributed by atoms with Crippen molar-refractivity contribution < 1.29 is 24.5 Å². The number of nitrogens with zero attached hydrogens (tertiary/aromatic N) is 1. The Labute approximate surface area is 319 Å². The standard InChI is InChI=1S/C46H55N3O5/c1-30(43(51)37-8-4-3-5-9-37)49(2)28-40-23-42(36-14-12-31(29-50)13-15-36)54-44(53-40)38-18-16-35(17-19-38)41-11-7-6-10-39(41)27-47-45(52)48-46-24-32-20-33(25-46)22-34(21-32)26-46/h3-19,30,32-34,40,42-44,50-51H,20-29H2,1-2H3,(H2,47,48,52)/t30-,32?,33?,34?,40+,42-,43-,44-,46?/m0/s1. The number of benzene rings is 4. The Morgan fingerprint density at radius 3 is 2.11 bits per heavy atom. The van der Waals surface area contributed by atoms with Crippen LogP contribution in [-0.2, 0) is 22.6 Å². The molecule has 0 spiro atoms. The zero-order valence-electron chi connectivity index (χ0n) is 31.6. The van der Waals surface area contributed by atoms with E-state index in [2.05, 4.69) is 51.9 Å². The monoisotopic (exact) mass is 729 g/mol. The Balaban J connectivity index is 0.951. The lowest BCUT2D eigenvalue weighted by atomic mass is 9.53. The summed E-state index contributed by atoms with van der Waals surface area (Å²) in [6.07, 6.45) is 6.53. The first-order chi connectivity index (χ1) is 26.2. The van der Waals surface area contributed by atoms with Gasteiger partial charge >= 0.3 is 6.03 Å². The van der Waals surface area contributed by atoms with Gasteiger partial charge in [-0.3, -0.25) is 4.90 Å². The summed E-state index contributed by atoms with van der Waals surface area (Å²) < 4.78 is 13.3. The number of rotatable bonds is 12. The minimum atomic E-state index is -0.629. The molecule has 4 aromatic carbocycles. The van der Waals surface area contributed by atoms with Gasteiger partial charge in [-0.1, -0.05) is 103 Å². The van der Waals surface area contributed by atoms with E-state index in [0.717, 1.165) is 76.0 Å². The Hall–Kier alpha value is -4.05. The first-order valence-electron chi connectivity index (χ1n) is 19.9. The molecule has 4 N–H and O–H groups in total. The molecular formula is C46H55N3O5. The SMILES string of the molecule is C[C@@H]([C@H](O)c1ccccc1)N(C)C[C@H]1C[C@@H](c2ccc(CO)cc2)O[C@@H](c2ccc(-c3ccccc3CNC(=O)NC34CC5CC(CC(C5)C3)C4)cc2)O1. The van der Waals surface area contributed by atoms with Crippen molar-refractivity contribution in [3.8, 4) is 11.1 Å². The summed E-state index contributed by atoms with van der Waals surface area (Å²) >= 11 is 0. The van der Waals surface area contributed by atoms with Gasteiger partial charge in [-0.25, -0.2) is 4.79 Å². The lowest BCUT2D eigenvalue weighted by molar-refractivity contribution is -0.253. The van der Waals surface area contributed by atoms with Crippen LogP contribution in [0, 0.1) is 17.8 Å². The molecular weight excluding hydrogens is 675 g/mol. The molecule has 4 aliphatic carbocycles. The van der Waals surface area contributed by atoms with Gasteiger partial charge < -0.3 is 30.3 Å². The molecule has 5 aliphatic rings. The molecule has 0 unspecified atom stereocenters. The molecule has 8 heteroatoms. The molecule has 5 fully saturated rings. The average Bonchev–Trinajstić information content (AvgIpc) is 3.19. The number of aliphatic hydroxyl groups excluding tert-OH is 2. The van der Waals surface area contributed by atoms with Crippen molar-refractivity contribution in [1.82, 2.24) is 15.5 Å². The number of hydrogen-bond donors (Lipinski definition) is 4. The van der Waals surface area contributed by atoms with E-state index in [1.54, 1.807) is 0 Å². The summed E-state index contributed by atoms with van der Waals surface area (Å²) in [6.45, 7) is 3.11. The second kappa shape index (κ2) is 16.0. The highest BCUT2D eigenvalue weighted by Crippen LogP contribution is 2.55. The van der Waals surface area contributed by atoms with Crippen LogP contribution in [0.2, 0.25) is 0 Å². The zero-order chi connectivity index (χ0) is 37.2. The quantitative estimate of drug-likeness (QED) is 0.117. The zero-order valence-corrected chi connectivity index (χ0v) is 31.6. The highest BCUT2D eigenvalue weighted by atomic mass is 16.7. The van der Waals surface area contributed by atoms with Gasteiger partial charge in [0.1, 0.15) is 0 Å². The fourth-order valence-electron chi connectivity index (χ4n) is 10.2. The van der Waals surface area contributed by atoms with E-state index in [1.807, 2.05) is 80.7 Å². The topological polar surface area (TPSA) is 103 Å². The maximum absolute atomic E-state index is 13.3. The molecule has 284 valence electrons. The molecule has 2 amide bonds. The molecule has 5 atom stereocenters. The highest BCUT2D eigenvalue weighted by Gasteiger charge is 2.51. The van der Waals surface area contributed by atoms with E-state index in [-0.39, 0.29) is 36.4 Å². The molecule has 4 bridgehead atoms. The van der Waals surface area contributed by atoms with E-state index >= 15 is 0 Å². The number of ether oxygens (including phenoxy) is 2. The number of carbonyl (C=O) groups is 1. The maximum Gasteiger partial charge on any atom is 0.315 e. The number of carbonyl (C=O) groups excluding carboxylic acids is 1. The fraction of sp³-hybridized carbons (Fsp3) is 0.457. The van der Waals surface area contributed by atoms with Crippen molar-refractivity contribution in [2.24, 2.45) is 17.8 Å². The lowest BCUT2D eigenvalue weighted by Crippen LogP contribution is -2.61. The van der Waals surface area contributed by atoms with E-state index in [9.17, 15) is 15.0 Å². The molecule has 54 heavy (non-hydrogen) atoms. The third-order valence-corrected chi connectivity index (χ3v) is 12.8. The van der Waals surface area contributed by atoms with Crippen molar-refractivity contribution in [2.45, 2.75) is 101 Å². The van der Waals surface area contributed by atoms with Gasteiger partial charge in [0.2, 0.25) is 0 Å². The van der Waals surface area contributed by atoms with Gasteiger partial charge in [-0.15, -0.1) is 0 Å². The van der Waals surface area contributed by atoms with Crippen LogP contribution in [0.5, 0.6) is 0 Å². The number of nitrogens with one attached hydrogen (secondary N) is 2. The molecule has 9 rings (SSSR count). The summed E-state index contributed by atoms with van der Waals surface area (Å²) in [5.41, 5.74) is 6.90. The molecule has 1 aliphatic heterocycles. The molecule has 1 saturated heterocycles. The van der Waals surface area contributed by atoms with Crippen molar-refractivity contribution in [3.63, 3.8) is 0 Å². The van der Waals surface area contributed by atoms with Crippen LogP contribution in [0.15, 0.2) is 103 Å². The normalized spacial score (nSPS) is 28.5. The van der Waals surface area contributed by atoms with Gasteiger partial charge in [-0.05, 0) is 104 Å². The van der Waals surface area contributed by atoms with Crippen LogP contribution in [0.3, 0.4) is 0 Å². The number of urea groups is 1. The molecule has 4 aromatic rings. The third kappa shape index (κ3) is 8.14. The maximum atomic E-state index is 13.3. The number of amides is 2. The fourth-order valence-corrected chi connectivity index (χ4v) is 10.2. The van der Waals surface area contributed by atoms with Gasteiger partial charge in [0.15, 0.2) is 6.29 Å². The van der Waals surface area contributed by atoms with Crippen molar-refractivity contribution in [3.05, 3.63) is 131 Å². The van der Waals surface area contributed by atoms with Crippen LogP contribution in [0.1, 0.15) is 98.2 Å². The Kier molecular flexibility index (Phi) is 10.9. The van der Waals surface area contributed by atoms with Crippen LogP contribution in [0.25, 0.3) is 11.1 Å². The average molecular weight is 730 g/mol. The largest absolute Gasteiger partial charge is 0.392 e. The summed E-state index contributed by atoms with van der Waals surface area (Å²) in [5.74, 6) is 2.34. The van der Waals surface area contributed by atoms with Gasteiger partial charge in [0.05, 0.1) is 24.9 Å². The number of aliphatic hydroxyl groups is 2. The van der Waals surface area contributed by atoms with E-state index in [1.165, 1.54) is 19.3 Å². The molecule has 4 saturated carbocycles. The predicted octanol–water partition coefficient (Wildman–Crippen LogP) is 8.21. The van der Waals surface area contributed by atoms with E-state index in [0.29, 0.717) is 19.5 Å². The summed E-state index contributed by atoms with van der Waals surface area (Å²) in [5, 5.41) is 27.4. The van der Waals surface area contributed by atoms with Crippen LogP contribution in [-0.4, -0.2) is 52.4 Å². The molecule has 0 aromatic heterocycles. The Morgan fingerprint density at radius 1 is 0.815 bits per heavy atom. The van der Waals surface area contributed by atoms with E-state index in [4.69, 9.17) is 9.47 Å². The Morgan fingerprint density at radius 2 is 1.44 bits per heavy atom. The summed E-state index contributed by atoms with van der Waals surface area (Å²) in [6, 6.07) is 34.2. The number of likely N-dealkylation sites (N-methyl/N-ethyl adjacent to an activating group) is 1. The molecule has 0 radical (unpaired) electrons. The second-order valence-corrected chi connectivity index (χ2v) is 16.7.